The van der Waals surface area contributed by atoms with Crippen LogP contribution in [0.5, 0.6) is 0 Å². The van der Waals surface area contributed by atoms with Gasteiger partial charge in [0.1, 0.15) is 0 Å². The lowest BCUT2D eigenvalue weighted by atomic mass is 9.78. The van der Waals surface area contributed by atoms with Crippen molar-refractivity contribution in [1.29, 1.82) is 0 Å². The molecule has 1 aromatic heterocycles. The normalized spacial score (nSPS) is 20.0. The van der Waals surface area contributed by atoms with Crippen molar-refractivity contribution < 1.29 is 0 Å². The van der Waals surface area contributed by atoms with Gasteiger partial charge in [-0.1, -0.05) is 6.92 Å². The van der Waals surface area contributed by atoms with E-state index < -0.39 is 0 Å². The zero-order chi connectivity index (χ0) is 11.1. The van der Waals surface area contributed by atoms with E-state index in [0.29, 0.717) is 0 Å². The molecule has 0 bridgehead atoms. The molecule has 1 aliphatic carbocycles. The fourth-order valence-corrected chi connectivity index (χ4v) is 3.21. The molecule has 16 heavy (non-hydrogen) atoms. The largest absolute Gasteiger partial charge is 0.278 e. The minimum atomic E-state index is 0.767. The summed E-state index contributed by atoms with van der Waals surface area (Å²) in [6.07, 6.45) is 7.16. The van der Waals surface area contributed by atoms with E-state index in [-0.39, 0.29) is 0 Å². The van der Waals surface area contributed by atoms with Crippen LogP contribution in [0.3, 0.4) is 0 Å². The zero-order valence-electron chi connectivity index (χ0n) is 10.0. The van der Waals surface area contributed by atoms with Crippen LogP contribution in [0.2, 0.25) is 0 Å². The Morgan fingerprint density at radius 2 is 2.38 bits per heavy atom. The molecule has 1 aliphatic rings. The summed E-state index contributed by atoms with van der Waals surface area (Å²) in [5.74, 6) is 0.767. The van der Waals surface area contributed by atoms with Crippen LogP contribution < -0.4 is 0 Å². The van der Waals surface area contributed by atoms with Crippen molar-refractivity contribution in [2.45, 2.75) is 45.4 Å². The molecule has 0 spiro atoms. The van der Waals surface area contributed by atoms with Gasteiger partial charge in [-0.15, -0.1) is 0 Å². The summed E-state index contributed by atoms with van der Waals surface area (Å²) in [5.41, 5.74) is 5.82. The van der Waals surface area contributed by atoms with Crippen LogP contribution in [0.15, 0.2) is 12.3 Å². The standard InChI is InChI=1S/C14H18N2/c1-3-10-5-4-6-11-7-13-12(8-15-16-13)9(2)14(10)11/h7-8,10H,3-6H2,1-2H3,(H,15,16). The van der Waals surface area contributed by atoms with Crippen molar-refractivity contribution in [1.82, 2.24) is 10.2 Å². The molecule has 0 saturated heterocycles. The summed E-state index contributed by atoms with van der Waals surface area (Å²) in [6.45, 7) is 4.56. The number of aryl methyl sites for hydroxylation is 2. The number of aromatic amines is 1. The summed E-state index contributed by atoms with van der Waals surface area (Å²) in [7, 11) is 0. The minimum Gasteiger partial charge on any atom is -0.278 e. The van der Waals surface area contributed by atoms with Crippen LogP contribution in [0, 0.1) is 6.92 Å². The van der Waals surface area contributed by atoms with Gasteiger partial charge in [-0.2, -0.15) is 5.10 Å². The van der Waals surface area contributed by atoms with Gasteiger partial charge in [0.25, 0.3) is 0 Å². The summed E-state index contributed by atoms with van der Waals surface area (Å²) >= 11 is 0. The second-order valence-corrected chi connectivity index (χ2v) is 4.90. The maximum atomic E-state index is 4.16. The Hall–Kier alpha value is -1.31. The van der Waals surface area contributed by atoms with E-state index in [4.69, 9.17) is 0 Å². The van der Waals surface area contributed by atoms with Gasteiger partial charge in [0.2, 0.25) is 0 Å². The van der Waals surface area contributed by atoms with Crippen LogP contribution in [-0.4, -0.2) is 10.2 Å². The Kier molecular flexibility index (Phi) is 2.23. The minimum absolute atomic E-state index is 0.767. The van der Waals surface area contributed by atoms with Crippen molar-refractivity contribution in [3.63, 3.8) is 0 Å². The molecule has 3 rings (SSSR count). The van der Waals surface area contributed by atoms with Crippen molar-refractivity contribution in [2.75, 3.05) is 0 Å². The third kappa shape index (κ3) is 1.29. The van der Waals surface area contributed by atoms with Crippen LogP contribution >= 0.6 is 0 Å². The van der Waals surface area contributed by atoms with E-state index in [2.05, 4.69) is 30.1 Å². The molecular formula is C14H18N2. The summed E-state index contributed by atoms with van der Waals surface area (Å²) in [5, 5.41) is 8.56. The van der Waals surface area contributed by atoms with Crippen LogP contribution in [0.1, 0.15) is 48.8 Å². The first-order chi connectivity index (χ1) is 7.81. The number of fused-ring (bicyclic) bond motifs is 2. The number of hydrogen-bond acceptors (Lipinski definition) is 1. The predicted molar refractivity (Wildman–Crippen MR) is 66.8 cm³/mol. The molecule has 2 heteroatoms. The first kappa shape index (κ1) is 9.88. The molecular weight excluding hydrogens is 196 g/mol. The van der Waals surface area contributed by atoms with E-state index >= 15 is 0 Å². The second kappa shape index (κ2) is 3.62. The van der Waals surface area contributed by atoms with Crippen molar-refractivity contribution in [3.8, 4) is 0 Å². The first-order valence-corrected chi connectivity index (χ1v) is 6.26. The van der Waals surface area contributed by atoms with E-state index in [0.717, 1.165) is 5.92 Å². The van der Waals surface area contributed by atoms with Gasteiger partial charge in [-0.05, 0) is 61.3 Å². The third-order valence-electron chi connectivity index (χ3n) is 4.04. The number of nitrogens with zero attached hydrogens (tertiary/aromatic N) is 1. The highest BCUT2D eigenvalue weighted by Gasteiger charge is 2.22. The van der Waals surface area contributed by atoms with Gasteiger partial charge in [-0.3, -0.25) is 5.10 Å². The van der Waals surface area contributed by atoms with Gasteiger partial charge < -0.3 is 0 Å². The Balaban J connectivity index is 2.29. The van der Waals surface area contributed by atoms with Gasteiger partial charge in [0, 0.05) is 5.39 Å². The van der Waals surface area contributed by atoms with E-state index in [9.17, 15) is 0 Å². The van der Waals surface area contributed by atoms with Gasteiger partial charge in [0.15, 0.2) is 0 Å². The summed E-state index contributed by atoms with van der Waals surface area (Å²) in [6, 6.07) is 2.31. The lowest BCUT2D eigenvalue weighted by Gasteiger charge is -2.26. The van der Waals surface area contributed by atoms with E-state index in [1.165, 1.54) is 42.1 Å². The quantitative estimate of drug-likeness (QED) is 0.770. The van der Waals surface area contributed by atoms with Crippen molar-refractivity contribution in [3.05, 3.63) is 29.0 Å². The molecule has 84 valence electrons. The molecule has 2 aromatic rings. The maximum absolute atomic E-state index is 4.16. The Morgan fingerprint density at radius 3 is 3.19 bits per heavy atom. The number of benzene rings is 1. The molecule has 1 aromatic carbocycles. The van der Waals surface area contributed by atoms with Crippen molar-refractivity contribution in [2.24, 2.45) is 0 Å². The lowest BCUT2D eigenvalue weighted by molar-refractivity contribution is 0.538. The molecule has 0 saturated carbocycles. The van der Waals surface area contributed by atoms with Gasteiger partial charge in [-0.25, -0.2) is 0 Å². The number of H-pyrrole nitrogens is 1. The number of hydrogen-bond donors (Lipinski definition) is 1. The molecule has 0 radical (unpaired) electrons. The molecule has 1 atom stereocenters. The van der Waals surface area contributed by atoms with Crippen LogP contribution in [0.4, 0.5) is 0 Å². The predicted octanol–water partition coefficient (Wildman–Crippen LogP) is 3.70. The second-order valence-electron chi connectivity index (χ2n) is 4.90. The van der Waals surface area contributed by atoms with Crippen molar-refractivity contribution >= 4 is 10.9 Å². The number of nitrogens with one attached hydrogen (secondary N) is 1. The lowest BCUT2D eigenvalue weighted by Crippen LogP contribution is -2.11. The average molecular weight is 214 g/mol. The van der Waals surface area contributed by atoms with Crippen LogP contribution in [-0.2, 0) is 6.42 Å². The molecule has 1 unspecified atom stereocenters. The number of rotatable bonds is 1. The number of aromatic nitrogens is 2. The molecule has 2 nitrogen and oxygen atoms in total. The summed E-state index contributed by atoms with van der Waals surface area (Å²) < 4.78 is 0. The molecule has 0 fully saturated rings. The highest BCUT2D eigenvalue weighted by Crippen LogP contribution is 2.38. The Morgan fingerprint density at radius 1 is 1.50 bits per heavy atom. The summed E-state index contributed by atoms with van der Waals surface area (Å²) in [4.78, 5) is 0. The SMILES string of the molecule is CCC1CCCc2cc3[nH]ncc3c(C)c21. The van der Waals surface area contributed by atoms with Gasteiger partial charge >= 0.3 is 0 Å². The topological polar surface area (TPSA) is 28.7 Å². The van der Waals surface area contributed by atoms with Crippen LogP contribution in [0.25, 0.3) is 10.9 Å². The average Bonchev–Trinajstić information content (AvgIpc) is 2.76. The highest BCUT2D eigenvalue weighted by atomic mass is 15.1. The fourth-order valence-electron chi connectivity index (χ4n) is 3.21. The first-order valence-electron chi connectivity index (χ1n) is 6.26. The third-order valence-corrected chi connectivity index (χ3v) is 4.04. The molecule has 0 amide bonds. The Labute approximate surface area is 96.1 Å². The molecule has 1 heterocycles. The monoisotopic (exact) mass is 214 g/mol. The van der Waals surface area contributed by atoms with E-state index in [1.807, 2.05) is 6.20 Å². The highest BCUT2D eigenvalue weighted by molar-refractivity contribution is 5.84. The Bertz CT molecular complexity index is 525. The molecule has 0 aliphatic heterocycles. The van der Waals surface area contributed by atoms with Gasteiger partial charge in [0.05, 0.1) is 11.7 Å². The maximum Gasteiger partial charge on any atom is 0.0655 e. The zero-order valence-corrected chi connectivity index (χ0v) is 10.0. The molecule has 1 N–H and O–H groups in total. The fraction of sp³-hybridized carbons (Fsp3) is 0.500. The smallest absolute Gasteiger partial charge is 0.0655 e. The van der Waals surface area contributed by atoms with E-state index in [1.54, 1.807) is 11.1 Å².